The minimum Gasteiger partial charge on any atom is -0.496 e. The second kappa shape index (κ2) is 9.18. The molecule has 0 fully saturated rings. The molecule has 0 atom stereocenters. The smallest absolute Gasteiger partial charge is 0.306 e. The molecule has 0 aliphatic rings. The number of rotatable bonds is 9. The number of carbonyl (C=O) groups is 2. The third-order valence-electron chi connectivity index (χ3n) is 3.63. The molecule has 0 amide bonds. The summed E-state index contributed by atoms with van der Waals surface area (Å²) in [4.78, 5) is 24.6. The second-order valence-electron chi connectivity index (χ2n) is 5.49. The predicted molar refractivity (Wildman–Crippen MR) is 100 cm³/mol. The van der Waals surface area contributed by atoms with Gasteiger partial charge in [0.2, 0.25) is 0 Å². The number of esters is 1. The SMILES string of the molecule is CCCCCOC(=O)CCC(=O)c1cc2cc(Br)c(OC)cc2s1. The third-order valence-corrected chi connectivity index (χ3v) is 5.39. The molecule has 130 valence electrons. The lowest BCUT2D eigenvalue weighted by Crippen LogP contribution is -2.08. The fourth-order valence-electron chi connectivity index (χ4n) is 2.28. The zero-order valence-electron chi connectivity index (χ0n) is 13.9. The molecule has 2 aromatic rings. The Hall–Kier alpha value is -1.40. The molecule has 0 radical (unpaired) electrons. The molecule has 0 saturated heterocycles. The number of thiophene rings is 1. The normalized spacial score (nSPS) is 10.8. The Morgan fingerprint density at radius 2 is 1.96 bits per heavy atom. The Morgan fingerprint density at radius 1 is 1.17 bits per heavy atom. The first-order chi connectivity index (χ1) is 11.5. The van der Waals surface area contributed by atoms with Crippen molar-refractivity contribution in [2.75, 3.05) is 13.7 Å². The van der Waals surface area contributed by atoms with E-state index < -0.39 is 0 Å². The van der Waals surface area contributed by atoms with E-state index in [0.29, 0.717) is 11.5 Å². The first kappa shape index (κ1) is 18.9. The number of hydrogen-bond donors (Lipinski definition) is 0. The average Bonchev–Trinajstić information content (AvgIpc) is 2.98. The quantitative estimate of drug-likeness (QED) is 0.315. The monoisotopic (exact) mass is 412 g/mol. The van der Waals surface area contributed by atoms with Crippen LogP contribution in [0.4, 0.5) is 0 Å². The summed E-state index contributed by atoms with van der Waals surface area (Å²) < 4.78 is 12.2. The Morgan fingerprint density at radius 3 is 2.67 bits per heavy atom. The lowest BCUT2D eigenvalue weighted by atomic mass is 10.1. The number of carbonyl (C=O) groups excluding carboxylic acids is 2. The highest BCUT2D eigenvalue weighted by Crippen LogP contribution is 2.35. The van der Waals surface area contributed by atoms with Crippen molar-refractivity contribution in [3.8, 4) is 5.75 Å². The van der Waals surface area contributed by atoms with Gasteiger partial charge >= 0.3 is 5.97 Å². The van der Waals surface area contributed by atoms with Gasteiger partial charge in [0.05, 0.1) is 29.5 Å². The molecule has 6 heteroatoms. The van der Waals surface area contributed by atoms with Gasteiger partial charge < -0.3 is 9.47 Å². The minimum atomic E-state index is -0.301. The van der Waals surface area contributed by atoms with Gasteiger partial charge in [-0.25, -0.2) is 0 Å². The molecule has 4 nitrogen and oxygen atoms in total. The summed E-state index contributed by atoms with van der Waals surface area (Å²) in [7, 11) is 1.61. The summed E-state index contributed by atoms with van der Waals surface area (Å²) in [6, 6.07) is 5.70. The Labute approximate surface area is 154 Å². The van der Waals surface area contributed by atoms with Crippen molar-refractivity contribution in [1.82, 2.24) is 0 Å². The van der Waals surface area contributed by atoms with Crippen molar-refractivity contribution in [2.24, 2.45) is 0 Å². The number of ketones is 1. The van der Waals surface area contributed by atoms with Crippen LogP contribution in [0.3, 0.4) is 0 Å². The molecule has 0 bridgehead atoms. The van der Waals surface area contributed by atoms with Crippen molar-refractivity contribution in [1.29, 1.82) is 0 Å². The van der Waals surface area contributed by atoms with Crippen molar-refractivity contribution in [3.05, 3.63) is 27.5 Å². The third kappa shape index (κ3) is 5.05. The lowest BCUT2D eigenvalue weighted by molar-refractivity contribution is -0.143. The van der Waals surface area contributed by atoms with E-state index in [2.05, 4.69) is 22.9 Å². The van der Waals surface area contributed by atoms with E-state index in [4.69, 9.17) is 9.47 Å². The van der Waals surface area contributed by atoms with E-state index in [1.807, 2.05) is 18.2 Å². The highest BCUT2D eigenvalue weighted by molar-refractivity contribution is 9.10. The molecule has 2 rings (SSSR count). The fraction of sp³-hybridized carbons (Fsp3) is 0.444. The van der Waals surface area contributed by atoms with Gasteiger partial charge in [-0.15, -0.1) is 11.3 Å². The van der Waals surface area contributed by atoms with Crippen molar-refractivity contribution in [3.63, 3.8) is 0 Å². The number of halogens is 1. The van der Waals surface area contributed by atoms with Crippen molar-refractivity contribution in [2.45, 2.75) is 39.0 Å². The van der Waals surface area contributed by atoms with Crippen LogP contribution in [0.5, 0.6) is 5.75 Å². The molecule has 1 aromatic carbocycles. The number of hydrogen-bond acceptors (Lipinski definition) is 5. The number of ether oxygens (including phenoxy) is 2. The molecular formula is C18H21BrO4S. The predicted octanol–water partition coefficient (Wildman–Crippen LogP) is 5.37. The molecule has 1 aromatic heterocycles. The number of benzene rings is 1. The molecule has 0 saturated carbocycles. The van der Waals surface area contributed by atoms with Crippen molar-refractivity contribution >= 4 is 49.1 Å². The zero-order valence-corrected chi connectivity index (χ0v) is 16.3. The van der Waals surface area contributed by atoms with E-state index >= 15 is 0 Å². The number of Topliss-reactive ketones (excluding diaryl/α,β-unsaturated/α-hetero) is 1. The molecule has 0 aliphatic carbocycles. The van der Waals surface area contributed by atoms with Crippen LogP contribution in [0.1, 0.15) is 48.7 Å². The molecule has 0 aliphatic heterocycles. The van der Waals surface area contributed by atoms with Crippen LogP contribution in [0.2, 0.25) is 0 Å². The van der Waals surface area contributed by atoms with Crippen LogP contribution in [0, 0.1) is 0 Å². The van der Waals surface area contributed by atoms with Gasteiger partial charge in [0, 0.05) is 11.1 Å². The fourth-order valence-corrected chi connectivity index (χ4v) is 3.85. The van der Waals surface area contributed by atoms with Crippen LogP contribution in [0.25, 0.3) is 10.1 Å². The van der Waals surface area contributed by atoms with Gasteiger partial charge in [0.15, 0.2) is 5.78 Å². The maximum absolute atomic E-state index is 12.3. The molecule has 0 spiro atoms. The first-order valence-electron chi connectivity index (χ1n) is 8.01. The number of methoxy groups -OCH3 is 1. The van der Waals surface area contributed by atoms with Crippen LogP contribution in [-0.2, 0) is 9.53 Å². The summed E-state index contributed by atoms with van der Waals surface area (Å²) >= 11 is 4.86. The molecule has 24 heavy (non-hydrogen) atoms. The highest BCUT2D eigenvalue weighted by Gasteiger charge is 2.14. The van der Waals surface area contributed by atoms with Crippen LogP contribution >= 0.6 is 27.3 Å². The molecule has 0 unspecified atom stereocenters. The summed E-state index contributed by atoms with van der Waals surface area (Å²) in [5, 5.41) is 0.984. The van der Waals surface area contributed by atoms with Gasteiger partial charge in [-0.1, -0.05) is 19.8 Å². The van der Waals surface area contributed by atoms with Gasteiger partial charge in [-0.2, -0.15) is 0 Å². The number of unbranched alkanes of at least 4 members (excludes halogenated alkanes) is 2. The summed E-state index contributed by atoms with van der Waals surface area (Å²) in [5.74, 6) is 0.404. The minimum absolute atomic E-state index is 0.0307. The maximum Gasteiger partial charge on any atom is 0.306 e. The van der Waals surface area contributed by atoms with Crippen LogP contribution in [0.15, 0.2) is 22.7 Å². The van der Waals surface area contributed by atoms with E-state index in [0.717, 1.165) is 39.6 Å². The van der Waals surface area contributed by atoms with Gasteiger partial charge in [0.1, 0.15) is 5.75 Å². The maximum atomic E-state index is 12.3. The lowest BCUT2D eigenvalue weighted by Gasteiger charge is -2.03. The Bertz CT molecular complexity index is 723. The molecular weight excluding hydrogens is 392 g/mol. The second-order valence-corrected chi connectivity index (χ2v) is 7.42. The Kier molecular flexibility index (Phi) is 7.24. The molecule has 0 N–H and O–H groups in total. The number of fused-ring (bicyclic) bond motifs is 1. The molecule has 1 heterocycles. The summed E-state index contributed by atoms with van der Waals surface area (Å²) in [6.07, 6.45) is 3.32. The van der Waals surface area contributed by atoms with E-state index in [1.165, 1.54) is 11.3 Å². The van der Waals surface area contributed by atoms with Gasteiger partial charge in [-0.3, -0.25) is 9.59 Å². The summed E-state index contributed by atoms with van der Waals surface area (Å²) in [5.41, 5.74) is 0. The van der Waals surface area contributed by atoms with E-state index in [1.54, 1.807) is 7.11 Å². The Balaban J connectivity index is 1.92. The van der Waals surface area contributed by atoms with Gasteiger partial charge in [0.25, 0.3) is 0 Å². The van der Waals surface area contributed by atoms with E-state index in [-0.39, 0.29) is 24.6 Å². The topological polar surface area (TPSA) is 52.6 Å². The summed E-state index contributed by atoms with van der Waals surface area (Å²) in [6.45, 7) is 2.54. The van der Waals surface area contributed by atoms with Crippen LogP contribution < -0.4 is 4.74 Å². The average molecular weight is 413 g/mol. The largest absolute Gasteiger partial charge is 0.496 e. The van der Waals surface area contributed by atoms with Crippen molar-refractivity contribution < 1.29 is 19.1 Å². The highest BCUT2D eigenvalue weighted by atomic mass is 79.9. The first-order valence-corrected chi connectivity index (χ1v) is 9.62. The van der Waals surface area contributed by atoms with Gasteiger partial charge in [-0.05, 0) is 45.9 Å². The standard InChI is InChI=1S/C18H21BrO4S/c1-3-4-5-8-23-18(21)7-6-14(20)17-10-12-9-13(19)15(22-2)11-16(12)24-17/h9-11H,3-8H2,1-2H3. The zero-order chi connectivity index (χ0) is 17.5. The van der Waals surface area contributed by atoms with E-state index in [9.17, 15) is 9.59 Å². The van der Waals surface area contributed by atoms with Crippen LogP contribution in [-0.4, -0.2) is 25.5 Å².